The van der Waals surface area contributed by atoms with Crippen LogP contribution in [0.3, 0.4) is 0 Å². The van der Waals surface area contributed by atoms with Gasteiger partial charge in [-0.05, 0) is 32.4 Å². The normalized spacial score (nSPS) is 11.3. The second-order valence-electron chi connectivity index (χ2n) is 3.87. The van der Waals surface area contributed by atoms with E-state index in [1.54, 1.807) is 13.8 Å². The maximum atomic E-state index is 10.7. The Morgan fingerprint density at radius 2 is 1.73 bits per heavy atom. The molecule has 0 aromatic carbocycles. The summed E-state index contributed by atoms with van der Waals surface area (Å²) in [5, 5.41) is 17.2. The fourth-order valence-electron chi connectivity index (χ4n) is 0.944. The minimum Gasteiger partial charge on any atom is -0.481 e. The zero-order valence-electron chi connectivity index (χ0n) is 9.15. The number of rotatable bonds is 8. The van der Waals surface area contributed by atoms with Crippen molar-refractivity contribution < 1.29 is 19.8 Å². The zero-order chi connectivity index (χ0) is 11.9. The summed E-state index contributed by atoms with van der Waals surface area (Å²) in [4.78, 5) is 20.9. The third kappa shape index (κ3) is 7.25. The number of hydrogen-bond acceptors (Lipinski definition) is 3. The monoisotopic (exact) mass is 234 g/mol. The van der Waals surface area contributed by atoms with Crippen LogP contribution in [-0.2, 0) is 9.59 Å². The zero-order valence-corrected chi connectivity index (χ0v) is 9.97. The van der Waals surface area contributed by atoms with Gasteiger partial charge >= 0.3 is 11.9 Å². The Balaban J connectivity index is 3.46. The molecule has 0 bridgehead atoms. The smallest absolute Gasteiger partial charge is 0.319 e. The lowest BCUT2D eigenvalue weighted by Crippen LogP contribution is -2.27. The number of thioether (sulfide) groups is 1. The van der Waals surface area contributed by atoms with Crippen molar-refractivity contribution in [2.24, 2.45) is 0 Å². The fraction of sp³-hybridized carbons (Fsp3) is 0.800. The summed E-state index contributed by atoms with van der Waals surface area (Å²) in [5.41, 5.74) is 0. The summed E-state index contributed by atoms with van der Waals surface area (Å²) in [6, 6.07) is 0. The van der Waals surface area contributed by atoms with E-state index in [-0.39, 0.29) is 6.42 Å². The van der Waals surface area contributed by atoms with Crippen molar-refractivity contribution in [1.29, 1.82) is 0 Å². The molecule has 5 heteroatoms. The van der Waals surface area contributed by atoms with Gasteiger partial charge in [0, 0.05) is 6.42 Å². The van der Waals surface area contributed by atoms with E-state index in [0.29, 0.717) is 6.42 Å². The maximum Gasteiger partial charge on any atom is 0.319 e. The first-order valence-corrected chi connectivity index (χ1v) is 5.94. The molecule has 0 radical (unpaired) electrons. The van der Waals surface area contributed by atoms with Crippen molar-refractivity contribution in [1.82, 2.24) is 0 Å². The summed E-state index contributed by atoms with van der Waals surface area (Å²) in [7, 11) is 0. The number of carboxylic acids is 2. The van der Waals surface area contributed by atoms with Crippen LogP contribution in [0.15, 0.2) is 0 Å². The van der Waals surface area contributed by atoms with Gasteiger partial charge in [0.25, 0.3) is 0 Å². The molecule has 0 fully saturated rings. The lowest BCUT2D eigenvalue weighted by molar-refractivity contribution is -0.139. The van der Waals surface area contributed by atoms with Gasteiger partial charge in [-0.3, -0.25) is 9.59 Å². The Bertz CT molecular complexity index is 225. The highest BCUT2D eigenvalue weighted by Gasteiger charge is 2.26. The summed E-state index contributed by atoms with van der Waals surface area (Å²) >= 11 is 1.40. The van der Waals surface area contributed by atoms with E-state index < -0.39 is 16.7 Å². The molecular weight excluding hydrogens is 216 g/mol. The van der Waals surface area contributed by atoms with E-state index in [1.807, 2.05) is 0 Å². The van der Waals surface area contributed by atoms with Crippen LogP contribution >= 0.6 is 11.8 Å². The van der Waals surface area contributed by atoms with E-state index in [2.05, 4.69) is 0 Å². The average molecular weight is 234 g/mol. The average Bonchev–Trinajstić information content (AvgIpc) is 2.10. The highest BCUT2D eigenvalue weighted by Crippen LogP contribution is 2.25. The minimum absolute atomic E-state index is 0.201. The second kappa shape index (κ2) is 6.71. The highest BCUT2D eigenvalue weighted by atomic mass is 32.2. The summed E-state index contributed by atoms with van der Waals surface area (Å²) in [6.07, 6.45) is 2.58. The third-order valence-electron chi connectivity index (χ3n) is 2.01. The molecule has 0 spiro atoms. The number of aliphatic carboxylic acids is 2. The topological polar surface area (TPSA) is 74.6 Å². The van der Waals surface area contributed by atoms with Gasteiger partial charge in [-0.2, -0.15) is 0 Å². The Morgan fingerprint density at radius 1 is 1.13 bits per heavy atom. The Hall–Kier alpha value is -0.710. The first-order valence-electron chi connectivity index (χ1n) is 4.95. The van der Waals surface area contributed by atoms with Gasteiger partial charge in [-0.1, -0.05) is 6.42 Å². The van der Waals surface area contributed by atoms with E-state index in [9.17, 15) is 9.59 Å². The summed E-state index contributed by atoms with van der Waals surface area (Å²) in [5.74, 6) is -0.814. The Labute approximate surface area is 94.1 Å². The van der Waals surface area contributed by atoms with E-state index in [0.717, 1.165) is 18.6 Å². The SMILES string of the molecule is CC(C)(SCCCCCC(=O)O)C(=O)O. The first kappa shape index (κ1) is 14.3. The van der Waals surface area contributed by atoms with Crippen molar-refractivity contribution in [3.63, 3.8) is 0 Å². The number of carboxylic acid groups (broad SMARTS) is 2. The molecule has 2 N–H and O–H groups in total. The molecule has 0 aliphatic heterocycles. The Kier molecular flexibility index (Phi) is 6.40. The van der Waals surface area contributed by atoms with Crippen molar-refractivity contribution in [3.8, 4) is 0 Å². The van der Waals surface area contributed by atoms with E-state index in [1.165, 1.54) is 11.8 Å². The lowest BCUT2D eigenvalue weighted by atomic mass is 10.2. The fourth-order valence-corrected chi connectivity index (χ4v) is 1.93. The van der Waals surface area contributed by atoms with Crippen LogP contribution in [-0.4, -0.2) is 32.7 Å². The number of hydrogen-bond donors (Lipinski definition) is 2. The van der Waals surface area contributed by atoms with E-state index in [4.69, 9.17) is 10.2 Å². The molecular formula is C10H18O4S. The predicted octanol–water partition coefficient (Wildman–Crippen LogP) is 2.23. The summed E-state index contributed by atoms with van der Waals surface area (Å²) in [6.45, 7) is 3.36. The van der Waals surface area contributed by atoms with Gasteiger partial charge in [-0.15, -0.1) is 11.8 Å². The minimum atomic E-state index is -0.807. The molecule has 0 amide bonds. The standard InChI is InChI=1S/C10H18O4S/c1-10(2,9(13)14)15-7-5-3-4-6-8(11)12/h3-7H2,1-2H3,(H,11,12)(H,13,14). The molecule has 0 rings (SSSR count). The summed E-state index contributed by atoms with van der Waals surface area (Å²) < 4.78 is -0.743. The predicted molar refractivity (Wildman–Crippen MR) is 60.3 cm³/mol. The van der Waals surface area contributed by atoms with Gasteiger partial charge < -0.3 is 10.2 Å². The molecule has 0 aliphatic rings. The van der Waals surface area contributed by atoms with Crippen LogP contribution in [0.5, 0.6) is 0 Å². The highest BCUT2D eigenvalue weighted by molar-refractivity contribution is 8.01. The van der Waals surface area contributed by atoms with Gasteiger partial charge in [0.1, 0.15) is 4.75 Å². The molecule has 0 aromatic rings. The largest absolute Gasteiger partial charge is 0.481 e. The van der Waals surface area contributed by atoms with Gasteiger partial charge in [0.15, 0.2) is 0 Å². The lowest BCUT2D eigenvalue weighted by Gasteiger charge is -2.17. The van der Waals surface area contributed by atoms with Crippen molar-refractivity contribution in [2.75, 3.05) is 5.75 Å². The molecule has 15 heavy (non-hydrogen) atoms. The maximum absolute atomic E-state index is 10.7. The molecule has 0 heterocycles. The van der Waals surface area contributed by atoms with Crippen LogP contribution in [0.2, 0.25) is 0 Å². The van der Waals surface area contributed by atoms with Gasteiger partial charge in [0.05, 0.1) is 0 Å². The molecule has 0 aliphatic carbocycles. The first-order chi connectivity index (χ1) is 6.86. The van der Waals surface area contributed by atoms with Crippen LogP contribution in [0.1, 0.15) is 39.5 Å². The molecule has 88 valence electrons. The molecule has 4 nitrogen and oxygen atoms in total. The quantitative estimate of drug-likeness (QED) is 0.630. The van der Waals surface area contributed by atoms with Crippen LogP contribution in [0, 0.1) is 0 Å². The van der Waals surface area contributed by atoms with Gasteiger partial charge in [0.2, 0.25) is 0 Å². The Morgan fingerprint density at radius 3 is 2.20 bits per heavy atom. The van der Waals surface area contributed by atoms with Gasteiger partial charge in [-0.25, -0.2) is 0 Å². The molecule has 0 saturated heterocycles. The molecule has 0 saturated carbocycles. The second-order valence-corrected chi connectivity index (χ2v) is 5.59. The van der Waals surface area contributed by atoms with E-state index >= 15 is 0 Å². The number of carbonyl (C=O) groups is 2. The number of unbranched alkanes of at least 4 members (excludes halogenated alkanes) is 2. The molecule has 0 atom stereocenters. The van der Waals surface area contributed by atoms with Crippen LogP contribution in [0.25, 0.3) is 0 Å². The van der Waals surface area contributed by atoms with Crippen molar-refractivity contribution in [3.05, 3.63) is 0 Å². The molecule has 0 unspecified atom stereocenters. The molecule has 0 aromatic heterocycles. The van der Waals surface area contributed by atoms with Crippen molar-refractivity contribution >= 4 is 23.7 Å². The van der Waals surface area contributed by atoms with Crippen molar-refractivity contribution in [2.45, 2.75) is 44.3 Å². The third-order valence-corrected chi connectivity index (χ3v) is 3.40. The van der Waals surface area contributed by atoms with Crippen LogP contribution in [0.4, 0.5) is 0 Å². The van der Waals surface area contributed by atoms with Crippen LogP contribution < -0.4 is 0 Å².